The summed E-state index contributed by atoms with van der Waals surface area (Å²) in [7, 11) is 1.92. The van der Waals surface area contributed by atoms with E-state index in [9.17, 15) is 26.7 Å². The highest BCUT2D eigenvalue weighted by Gasteiger charge is 2.36. The van der Waals surface area contributed by atoms with E-state index in [0.29, 0.717) is 25.2 Å². The Balaban J connectivity index is 2.15. The van der Waals surface area contributed by atoms with Gasteiger partial charge in [0, 0.05) is 26.2 Å². The third-order valence-electron chi connectivity index (χ3n) is 3.65. The smallest absolute Gasteiger partial charge is 0.304 e. The molecular formula is C14H15F5N2O. The zero-order valence-electron chi connectivity index (χ0n) is 11.9. The lowest BCUT2D eigenvalue weighted by Crippen LogP contribution is -2.46. The first-order chi connectivity index (χ1) is 10.2. The van der Waals surface area contributed by atoms with Crippen molar-refractivity contribution in [1.29, 1.82) is 0 Å². The number of ketones is 1. The summed E-state index contributed by atoms with van der Waals surface area (Å²) >= 11 is 0. The van der Waals surface area contributed by atoms with E-state index in [1.54, 1.807) is 4.90 Å². The number of alkyl halides is 3. The predicted octanol–water partition coefficient (Wildman–Crippen LogP) is 2.41. The first-order valence-electron chi connectivity index (χ1n) is 6.69. The summed E-state index contributed by atoms with van der Waals surface area (Å²) in [4.78, 5) is 15.8. The molecule has 0 atom stereocenters. The Morgan fingerprint density at radius 1 is 1.09 bits per heavy atom. The first kappa shape index (κ1) is 16.8. The van der Waals surface area contributed by atoms with E-state index in [1.165, 1.54) is 0 Å². The van der Waals surface area contributed by atoms with E-state index in [4.69, 9.17) is 0 Å². The maximum absolute atomic E-state index is 13.7. The van der Waals surface area contributed by atoms with E-state index < -0.39 is 34.7 Å². The van der Waals surface area contributed by atoms with Crippen LogP contribution in [0.15, 0.2) is 12.1 Å². The summed E-state index contributed by atoms with van der Waals surface area (Å²) in [5.74, 6) is -4.50. The van der Waals surface area contributed by atoms with Crippen LogP contribution in [0.5, 0.6) is 0 Å². The molecule has 1 heterocycles. The van der Waals surface area contributed by atoms with Gasteiger partial charge in [0.05, 0.1) is 17.7 Å². The maximum atomic E-state index is 13.7. The number of carbonyl (C=O) groups excluding carboxylic acids is 1. The second-order valence-corrected chi connectivity index (χ2v) is 5.29. The number of Topliss-reactive ketones (excluding diaryl/α,β-unsaturated/α-hetero) is 1. The molecule has 0 bridgehead atoms. The standard InChI is InChI=1S/C14H15F5N2O/c1-20-4-6-21(7-5-20)8-11(22)9-2-3-10(14(17,18)19)13(16)12(9)15/h2-3H,4-8H2,1H3. The fourth-order valence-electron chi connectivity index (χ4n) is 2.28. The fourth-order valence-corrected chi connectivity index (χ4v) is 2.28. The highest BCUT2D eigenvalue weighted by atomic mass is 19.4. The van der Waals surface area contributed by atoms with E-state index >= 15 is 0 Å². The Bertz CT molecular complexity index is 565. The summed E-state index contributed by atoms with van der Waals surface area (Å²) in [6.07, 6.45) is -5.00. The maximum Gasteiger partial charge on any atom is 0.419 e. The van der Waals surface area contributed by atoms with Crippen LogP contribution in [0.3, 0.4) is 0 Å². The lowest BCUT2D eigenvalue weighted by Gasteiger charge is -2.31. The van der Waals surface area contributed by atoms with Gasteiger partial charge in [0.2, 0.25) is 0 Å². The van der Waals surface area contributed by atoms with Crippen LogP contribution in [-0.2, 0) is 6.18 Å². The summed E-state index contributed by atoms with van der Waals surface area (Å²) in [5, 5.41) is 0. The largest absolute Gasteiger partial charge is 0.419 e. The molecule has 1 aliphatic heterocycles. The average Bonchev–Trinajstić information content (AvgIpc) is 2.42. The van der Waals surface area contributed by atoms with Crippen molar-refractivity contribution in [3.63, 3.8) is 0 Å². The van der Waals surface area contributed by atoms with Crippen LogP contribution in [0, 0.1) is 11.6 Å². The lowest BCUT2D eigenvalue weighted by molar-refractivity contribution is -0.140. The lowest BCUT2D eigenvalue weighted by atomic mass is 10.1. The molecule has 0 unspecified atom stereocenters. The quantitative estimate of drug-likeness (QED) is 0.631. The van der Waals surface area contributed by atoms with Crippen LogP contribution in [0.2, 0.25) is 0 Å². The number of benzene rings is 1. The number of likely N-dealkylation sites (N-methyl/N-ethyl adjacent to an activating group) is 1. The molecule has 0 N–H and O–H groups in total. The molecule has 1 saturated heterocycles. The van der Waals surface area contributed by atoms with Gasteiger partial charge in [-0.2, -0.15) is 13.2 Å². The normalized spacial score (nSPS) is 17.7. The van der Waals surface area contributed by atoms with Crippen LogP contribution < -0.4 is 0 Å². The molecule has 122 valence electrons. The molecule has 1 aromatic carbocycles. The van der Waals surface area contributed by atoms with E-state index in [2.05, 4.69) is 4.90 Å². The Morgan fingerprint density at radius 2 is 1.68 bits per heavy atom. The molecule has 22 heavy (non-hydrogen) atoms. The Labute approximate surface area is 124 Å². The molecule has 1 aliphatic rings. The molecule has 0 saturated carbocycles. The number of piperazine rings is 1. The molecule has 0 aromatic heterocycles. The fraction of sp³-hybridized carbons (Fsp3) is 0.500. The Kier molecular flexibility index (Phi) is 4.81. The predicted molar refractivity (Wildman–Crippen MR) is 69.6 cm³/mol. The van der Waals surface area contributed by atoms with Gasteiger partial charge in [0.1, 0.15) is 0 Å². The van der Waals surface area contributed by atoms with Crippen molar-refractivity contribution >= 4 is 5.78 Å². The van der Waals surface area contributed by atoms with Crippen LogP contribution in [-0.4, -0.2) is 55.4 Å². The number of hydrogen-bond acceptors (Lipinski definition) is 3. The van der Waals surface area contributed by atoms with Crippen molar-refractivity contribution < 1.29 is 26.7 Å². The molecule has 0 radical (unpaired) electrons. The summed E-state index contributed by atoms with van der Waals surface area (Å²) in [6, 6.07) is 1.09. The summed E-state index contributed by atoms with van der Waals surface area (Å²) < 4.78 is 64.6. The van der Waals surface area contributed by atoms with Gasteiger partial charge in [-0.1, -0.05) is 0 Å². The average molecular weight is 322 g/mol. The minimum Gasteiger partial charge on any atom is -0.304 e. The molecule has 0 aliphatic carbocycles. The molecule has 3 nitrogen and oxygen atoms in total. The van der Waals surface area contributed by atoms with Gasteiger partial charge in [-0.15, -0.1) is 0 Å². The number of rotatable bonds is 3. The Morgan fingerprint density at radius 3 is 2.23 bits per heavy atom. The number of nitrogens with zero attached hydrogens (tertiary/aromatic N) is 2. The van der Waals surface area contributed by atoms with E-state index in [0.717, 1.165) is 13.1 Å². The number of carbonyl (C=O) groups is 1. The van der Waals surface area contributed by atoms with Gasteiger partial charge >= 0.3 is 6.18 Å². The minimum absolute atomic E-state index is 0.143. The minimum atomic E-state index is -5.00. The third-order valence-corrected chi connectivity index (χ3v) is 3.65. The van der Waals surface area contributed by atoms with Crippen LogP contribution in [0.4, 0.5) is 22.0 Å². The number of halogens is 5. The van der Waals surface area contributed by atoms with Crippen molar-refractivity contribution in [1.82, 2.24) is 9.80 Å². The SMILES string of the molecule is CN1CCN(CC(=O)c2ccc(C(F)(F)F)c(F)c2F)CC1. The second kappa shape index (κ2) is 6.29. The zero-order chi connectivity index (χ0) is 16.5. The van der Waals surface area contributed by atoms with Crippen LogP contribution in [0.25, 0.3) is 0 Å². The van der Waals surface area contributed by atoms with Crippen molar-refractivity contribution in [3.8, 4) is 0 Å². The Hall–Kier alpha value is -1.54. The first-order valence-corrected chi connectivity index (χ1v) is 6.69. The zero-order valence-corrected chi connectivity index (χ0v) is 11.9. The van der Waals surface area contributed by atoms with Crippen LogP contribution >= 0.6 is 0 Å². The van der Waals surface area contributed by atoms with Crippen molar-refractivity contribution in [2.24, 2.45) is 0 Å². The van der Waals surface area contributed by atoms with Crippen molar-refractivity contribution in [2.75, 3.05) is 39.8 Å². The third kappa shape index (κ3) is 3.61. The van der Waals surface area contributed by atoms with Gasteiger partial charge in [-0.3, -0.25) is 9.69 Å². The molecule has 1 fully saturated rings. The van der Waals surface area contributed by atoms with Gasteiger partial charge in [0.15, 0.2) is 17.4 Å². The number of hydrogen-bond donors (Lipinski definition) is 0. The molecular weight excluding hydrogens is 307 g/mol. The molecule has 0 spiro atoms. The van der Waals surface area contributed by atoms with Gasteiger partial charge in [-0.25, -0.2) is 8.78 Å². The highest BCUT2D eigenvalue weighted by Crippen LogP contribution is 2.33. The topological polar surface area (TPSA) is 23.6 Å². The molecule has 8 heteroatoms. The highest BCUT2D eigenvalue weighted by molar-refractivity contribution is 5.98. The monoisotopic (exact) mass is 322 g/mol. The molecule has 2 rings (SSSR count). The van der Waals surface area contributed by atoms with Crippen molar-refractivity contribution in [2.45, 2.75) is 6.18 Å². The summed E-state index contributed by atoms with van der Waals surface area (Å²) in [5.41, 5.74) is -2.36. The van der Waals surface area contributed by atoms with Crippen molar-refractivity contribution in [3.05, 3.63) is 34.9 Å². The van der Waals surface area contributed by atoms with Gasteiger partial charge in [-0.05, 0) is 19.2 Å². The molecule has 0 amide bonds. The molecule has 1 aromatic rings. The van der Waals surface area contributed by atoms with Gasteiger partial charge < -0.3 is 4.90 Å². The van der Waals surface area contributed by atoms with Crippen LogP contribution in [0.1, 0.15) is 15.9 Å². The second-order valence-electron chi connectivity index (χ2n) is 5.29. The van der Waals surface area contributed by atoms with E-state index in [1.807, 2.05) is 7.05 Å². The van der Waals surface area contributed by atoms with E-state index in [-0.39, 0.29) is 6.54 Å². The van der Waals surface area contributed by atoms with Gasteiger partial charge in [0.25, 0.3) is 0 Å². The summed E-state index contributed by atoms with van der Waals surface area (Å²) in [6.45, 7) is 2.50.